The maximum Gasteiger partial charge on any atom is 0.417 e. The van der Waals surface area contributed by atoms with Crippen LogP contribution in [0, 0.1) is 12.8 Å². The average molecular weight is 552 g/mol. The van der Waals surface area contributed by atoms with Crippen molar-refractivity contribution in [2.24, 2.45) is 5.92 Å². The summed E-state index contributed by atoms with van der Waals surface area (Å²) in [6.45, 7) is 5.60. The van der Waals surface area contributed by atoms with E-state index in [1.54, 1.807) is 6.07 Å². The number of ether oxygens (including phenoxy) is 1. The van der Waals surface area contributed by atoms with Crippen molar-refractivity contribution in [2.75, 3.05) is 13.1 Å². The Morgan fingerprint density at radius 2 is 1.79 bits per heavy atom. The van der Waals surface area contributed by atoms with Gasteiger partial charge in [-0.3, -0.25) is 4.79 Å². The van der Waals surface area contributed by atoms with E-state index in [1.165, 1.54) is 12.1 Å². The van der Waals surface area contributed by atoms with Crippen molar-refractivity contribution in [1.82, 2.24) is 4.31 Å². The van der Waals surface area contributed by atoms with E-state index in [-0.39, 0.29) is 38.5 Å². The van der Waals surface area contributed by atoms with Gasteiger partial charge in [-0.05, 0) is 61.1 Å². The third-order valence-electron chi connectivity index (χ3n) is 6.81. The molecule has 0 N–H and O–H groups in total. The zero-order valence-electron chi connectivity index (χ0n) is 21.2. The summed E-state index contributed by atoms with van der Waals surface area (Å²) in [4.78, 5) is 24.1. The maximum atomic E-state index is 13.4. The molecule has 204 valence electrons. The van der Waals surface area contributed by atoms with Crippen molar-refractivity contribution in [1.29, 1.82) is 0 Å². The molecule has 0 spiro atoms. The number of fused-ring (bicyclic) bond motifs is 1. The number of halogens is 3. The zero-order chi connectivity index (χ0) is 27.8. The Hall–Kier alpha value is -3.18. The lowest BCUT2D eigenvalue weighted by molar-refractivity contribution is -0.151. The first-order valence-corrected chi connectivity index (χ1v) is 13.6. The Morgan fingerprint density at radius 1 is 1.13 bits per heavy atom. The van der Waals surface area contributed by atoms with E-state index in [1.807, 2.05) is 26.8 Å². The molecular formula is C27H28F3NO6S. The maximum absolute atomic E-state index is 13.4. The summed E-state index contributed by atoms with van der Waals surface area (Å²) < 4.78 is 77.8. The molecule has 0 radical (unpaired) electrons. The number of rotatable bonds is 6. The van der Waals surface area contributed by atoms with Gasteiger partial charge in [-0.1, -0.05) is 26.0 Å². The number of hydrogen-bond acceptors (Lipinski definition) is 6. The number of carbonyl (C=O) groups excluding carboxylic acids is 1. The molecule has 1 saturated heterocycles. The van der Waals surface area contributed by atoms with Crippen molar-refractivity contribution in [3.05, 3.63) is 75.1 Å². The molecule has 0 unspecified atom stereocenters. The van der Waals surface area contributed by atoms with Gasteiger partial charge in [0.1, 0.15) is 12.2 Å². The molecule has 1 aliphatic rings. The number of piperidine rings is 1. The Bertz CT molecular complexity index is 1520. The van der Waals surface area contributed by atoms with Gasteiger partial charge in [-0.2, -0.15) is 17.5 Å². The van der Waals surface area contributed by atoms with E-state index in [9.17, 15) is 31.2 Å². The van der Waals surface area contributed by atoms with E-state index in [0.717, 1.165) is 33.6 Å². The summed E-state index contributed by atoms with van der Waals surface area (Å²) in [7, 11) is -4.41. The fraction of sp³-hybridized carbons (Fsp3) is 0.407. The van der Waals surface area contributed by atoms with E-state index >= 15 is 0 Å². The molecule has 11 heteroatoms. The molecule has 38 heavy (non-hydrogen) atoms. The number of alkyl halides is 3. The van der Waals surface area contributed by atoms with Crippen LogP contribution in [0.3, 0.4) is 0 Å². The second-order valence-electron chi connectivity index (χ2n) is 9.73. The fourth-order valence-corrected chi connectivity index (χ4v) is 6.48. The van der Waals surface area contributed by atoms with E-state index in [2.05, 4.69) is 0 Å². The molecule has 3 aromatic rings. The molecule has 0 amide bonds. The van der Waals surface area contributed by atoms with Crippen LogP contribution in [-0.4, -0.2) is 31.8 Å². The third kappa shape index (κ3) is 5.63. The third-order valence-corrected chi connectivity index (χ3v) is 8.76. The molecule has 1 fully saturated rings. The lowest BCUT2D eigenvalue weighted by Gasteiger charge is -2.30. The summed E-state index contributed by atoms with van der Waals surface area (Å²) in [5.74, 6) is -0.958. The van der Waals surface area contributed by atoms with Crippen LogP contribution < -0.4 is 5.63 Å². The largest absolute Gasteiger partial charge is 0.461 e. The number of benzene rings is 2. The lowest BCUT2D eigenvalue weighted by atomic mass is 9.95. The van der Waals surface area contributed by atoms with Gasteiger partial charge in [0.05, 0.1) is 16.4 Å². The zero-order valence-corrected chi connectivity index (χ0v) is 22.0. The minimum atomic E-state index is -4.82. The smallest absolute Gasteiger partial charge is 0.417 e. The van der Waals surface area contributed by atoms with Gasteiger partial charge in [0.2, 0.25) is 10.0 Å². The van der Waals surface area contributed by atoms with Crippen molar-refractivity contribution in [3.63, 3.8) is 0 Å². The summed E-state index contributed by atoms with van der Waals surface area (Å²) >= 11 is 0. The normalized spacial score (nSPS) is 15.8. The molecule has 0 saturated carbocycles. The number of nitrogens with zero attached hydrogens (tertiary/aromatic N) is 1. The Labute approximate surface area is 218 Å². The van der Waals surface area contributed by atoms with Gasteiger partial charge in [0.25, 0.3) is 0 Å². The Kier molecular flexibility index (Phi) is 7.72. The van der Waals surface area contributed by atoms with E-state index in [0.29, 0.717) is 16.5 Å². The van der Waals surface area contributed by atoms with Crippen LogP contribution in [0.15, 0.2) is 56.6 Å². The van der Waals surface area contributed by atoms with Crippen LogP contribution in [0.1, 0.15) is 54.9 Å². The molecule has 0 bridgehead atoms. The molecule has 2 aromatic carbocycles. The number of hydrogen-bond donors (Lipinski definition) is 0. The average Bonchev–Trinajstić information content (AvgIpc) is 2.86. The SMILES string of the molecule is Cc1cc2oc(=O)cc(COC(=O)C3CCN(S(=O)(=O)c4ccccc4C(F)(F)F)CC3)c2cc1C(C)C. The first kappa shape index (κ1) is 27.8. The number of aryl methyl sites for hydroxylation is 1. The summed E-state index contributed by atoms with van der Waals surface area (Å²) in [6, 6.07) is 9.03. The molecule has 4 rings (SSSR count). The van der Waals surface area contributed by atoms with Crippen LogP contribution in [0.2, 0.25) is 0 Å². The van der Waals surface area contributed by atoms with Crippen molar-refractivity contribution < 1.29 is 35.5 Å². The highest BCUT2D eigenvalue weighted by molar-refractivity contribution is 7.89. The van der Waals surface area contributed by atoms with Crippen LogP contribution >= 0.6 is 0 Å². The number of carbonyl (C=O) groups is 1. The predicted molar refractivity (Wildman–Crippen MR) is 134 cm³/mol. The number of esters is 1. The van der Waals surface area contributed by atoms with E-state index in [4.69, 9.17) is 9.15 Å². The summed E-state index contributed by atoms with van der Waals surface area (Å²) in [5.41, 5.74) is 1.14. The molecule has 7 nitrogen and oxygen atoms in total. The van der Waals surface area contributed by atoms with Gasteiger partial charge in [-0.15, -0.1) is 0 Å². The van der Waals surface area contributed by atoms with E-state index < -0.39 is 44.2 Å². The fourth-order valence-electron chi connectivity index (χ4n) is 4.80. The van der Waals surface area contributed by atoms with Gasteiger partial charge in [0.15, 0.2) is 0 Å². The predicted octanol–water partition coefficient (Wildman–Crippen LogP) is 5.39. The molecule has 0 atom stereocenters. The van der Waals surface area contributed by atoms with Crippen molar-refractivity contribution in [3.8, 4) is 0 Å². The highest BCUT2D eigenvalue weighted by Crippen LogP contribution is 2.36. The Balaban J connectivity index is 1.45. The van der Waals surface area contributed by atoms with Gasteiger partial charge >= 0.3 is 17.8 Å². The molecule has 0 aliphatic carbocycles. The Morgan fingerprint density at radius 3 is 2.42 bits per heavy atom. The van der Waals surface area contributed by atoms with Crippen molar-refractivity contribution in [2.45, 2.75) is 57.2 Å². The van der Waals surface area contributed by atoms with Crippen LogP contribution in [0.25, 0.3) is 11.0 Å². The standard InChI is InChI=1S/C27H28F3NO6S/c1-16(2)20-14-21-19(13-25(32)37-23(21)12-17(20)3)15-36-26(33)18-8-10-31(11-9-18)38(34,35)24-7-5-4-6-22(24)27(28,29)30/h4-7,12-14,16,18H,8-11,15H2,1-3H3. The second-order valence-corrected chi connectivity index (χ2v) is 11.6. The first-order chi connectivity index (χ1) is 17.8. The van der Waals surface area contributed by atoms with Crippen LogP contribution in [0.5, 0.6) is 0 Å². The molecule has 1 aromatic heterocycles. The summed E-state index contributed by atoms with van der Waals surface area (Å²) in [6.07, 6.45) is -4.62. The van der Waals surface area contributed by atoms with Crippen molar-refractivity contribution >= 4 is 27.0 Å². The first-order valence-electron chi connectivity index (χ1n) is 12.2. The quantitative estimate of drug-likeness (QED) is 0.301. The topological polar surface area (TPSA) is 93.9 Å². The lowest BCUT2D eigenvalue weighted by Crippen LogP contribution is -2.41. The van der Waals surface area contributed by atoms with Crippen LogP contribution in [0.4, 0.5) is 13.2 Å². The van der Waals surface area contributed by atoms with Gasteiger partial charge in [0, 0.05) is 30.1 Å². The number of sulfonamides is 1. The minimum Gasteiger partial charge on any atom is -0.461 e. The molecule has 2 heterocycles. The molecular weight excluding hydrogens is 523 g/mol. The molecule has 1 aliphatic heterocycles. The monoisotopic (exact) mass is 551 g/mol. The summed E-state index contributed by atoms with van der Waals surface area (Å²) in [5, 5.41) is 0.663. The minimum absolute atomic E-state index is 0.0978. The van der Waals surface area contributed by atoms with Gasteiger partial charge in [-0.25, -0.2) is 13.2 Å². The van der Waals surface area contributed by atoms with Crippen LogP contribution in [-0.2, 0) is 32.3 Å². The highest BCUT2D eigenvalue weighted by atomic mass is 32.2. The highest BCUT2D eigenvalue weighted by Gasteiger charge is 2.40. The second kappa shape index (κ2) is 10.5. The van der Waals surface area contributed by atoms with Gasteiger partial charge < -0.3 is 9.15 Å².